The predicted octanol–water partition coefficient (Wildman–Crippen LogP) is 4.20. The van der Waals surface area contributed by atoms with Gasteiger partial charge in [0.25, 0.3) is 0 Å². The first kappa shape index (κ1) is 13.2. The molecule has 5 atom stereocenters. The SMILES string of the molecule is [B]C(C)(CC)C1C[C@H](C)C(Cl)C=C[C@H]1C. The Kier molecular flexibility index (Phi) is 4.34. The molecule has 0 N–H and O–H groups in total. The molecule has 0 spiro atoms. The van der Waals surface area contributed by atoms with Crippen LogP contribution < -0.4 is 0 Å². The molecule has 0 fully saturated rings. The summed E-state index contributed by atoms with van der Waals surface area (Å²) in [7, 11) is 6.38. The average molecular weight is 225 g/mol. The zero-order valence-corrected chi connectivity index (χ0v) is 11.1. The molecule has 3 unspecified atom stereocenters. The molecular weight excluding hydrogens is 202 g/mol. The molecule has 0 aromatic heterocycles. The van der Waals surface area contributed by atoms with Crippen LogP contribution in [0.2, 0.25) is 5.31 Å². The summed E-state index contributed by atoms with van der Waals surface area (Å²) < 4.78 is 0. The van der Waals surface area contributed by atoms with Crippen LogP contribution in [0.1, 0.15) is 40.5 Å². The van der Waals surface area contributed by atoms with Crippen molar-refractivity contribution in [3.05, 3.63) is 12.2 Å². The summed E-state index contributed by atoms with van der Waals surface area (Å²) in [5, 5.41) is 0.101. The third-order valence-corrected chi connectivity index (χ3v) is 4.59. The highest BCUT2D eigenvalue weighted by molar-refractivity contribution is 6.22. The van der Waals surface area contributed by atoms with Gasteiger partial charge in [-0.25, -0.2) is 0 Å². The van der Waals surface area contributed by atoms with Gasteiger partial charge in [-0.05, 0) is 24.2 Å². The topological polar surface area (TPSA) is 0 Å². The summed E-state index contributed by atoms with van der Waals surface area (Å²) in [4.78, 5) is 0. The van der Waals surface area contributed by atoms with E-state index in [9.17, 15) is 0 Å². The number of hydrogen-bond acceptors (Lipinski definition) is 0. The maximum atomic E-state index is 6.38. The number of hydrogen-bond donors (Lipinski definition) is 0. The highest BCUT2D eigenvalue weighted by Crippen LogP contribution is 2.46. The number of alkyl halides is 1. The second-order valence-corrected chi connectivity index (χ2v) is 5.87. The van der Waals surface area contributed by atoms with E-state index in [1.807, 2.05) is 0 Å². The van der Waals surface area contributed by atoms with E-state index in [1.165, 1.54) is 0 Å². The molecule has 0 bridgehead atoms. The third kappa shape index (κ3) is 3.03. The first-order valence-corrected chi connectivity index (χ1v) is 6.43. The van der Waals surface area contributed by atoms with Crippen molar-refractivity contribution < 1.29 is 0 Å². The van der Waals surface area contributed by atoms with Crippen LogP contribution >= 0.6 is 11.6 Å². The Balaban J connectivity index is 2.85. The van der Waals surface area contributed by atoms with E-state index < -0.39 is 0 Å². The number of halogens is 1. The van der Waals surface area contributed by atoms with Gasteiger partial charge in [-0.3, -0.25) is 0 Å². The standard InChI is InChI=1S/C13H22BCl/c1-5-13(4,14)11-8-10(3)12(15)7-6-9(11)2/h6-7,9-12H,5,8H2,1-4H3/t9-,10+,11?,12?,13?/m1/s1. The van der Waals surface area contributed by atoms with E-state index in [1.54, 1.807) is 0 Å². The molecule has 0 amide bonds. The van der Waals surface area contributed by atoms with Gasteiger partial charge in [0, 0.05) is 0 Å². The lowest BCUT2D eigenvalue weighted by Crippen LogP contribution is -2.27. The maximum Gasteiger partial charge on any atom is 0.0746 e. The fraction of sp³-hybridized carbons (Fsp3) is 0.846. The second kappa shape index (κ2) is 4.95. The van der Waals surface area contributed by atoms with Crippen molar-refractivity contribution in [2.75, 3.05) is 0 Å². The molecule has 0 aliphatic heterocycles. The maximum absolute atomic E-state index is 6.38. The van der Waals surface area contributed by atoms with Crippen LogP contribution in [-0.4, -0.2) is 13.2 Å². The Morgan fingerprint density at radius 1 is 1.40 bits per heavy atom. The molecule has 1 aliphatic rings. The minimum atomic E-state index is -0.0705. The molecule has 0 aromatic carbocycles. The van der Waals surface area contributed by atoms with Crippen LogP contribution in [0.5, 0.6) is 0 Å². The Hall–Kier alpha value is 0.0949. The first-order valence-electron chi connectivity index (χ1n) is 5.99. The molecule has 1 rings (SSSR count). The van der Waals surface area contributed by atoms with Crippen molar-refractivity contribution >= 4 is 19.4 Å². The average Bonchev–Trinajstić information content (AvgIpc) is 2.31. The Morgan fingerprint density at radius 3 is 2.53 bits per heavy atom. The number of rotatable bonds is 2. The largest absolute Gasteiger partial charge is 0.118 e. The Labute approximate surface area is 101 Å². The van der Waals surface area contributed by atoms with Crippen molar-refractivity contribution in [2.45, 2.75) is 51.2 Å². The van der Waals surface area contributed by atoms with E-state index in [-0.39, 0.29) is 10.7 Å². The molecule has 0 heterocycles. The van der Waals surface area contributed by atoms with Gasteiger partial charge in [0.05, 0.1) is 13.2 Å². The molecule has 0 aromatic rings. The minimum absolute atomic E-state index is 0.0705. The summed E-state index contributed by atoms with van der Waals surface area (Å²) in [6.45, 7) is 8.82. The zero-order chi connectivity index (χ0) is 11.6. The van der Waals surface area contributed by atoms with E-state index >= 15 is 0 Å². The first-order chi connectivity index (χ1) is 6.88. The molecule has 15 heavy (non-hydrogen) atoms. The summed E-state index contributed by atoms with van der Waals surface area (Å²) in [5.74, 6) is 1.59. The van der Waals surface area contributed by atoms with E-state index in [2.05, 4.69) is 39.8 Å². The normalized spacial score (nSPS) is 40.9. The lowest BCUT2D eigenvalue weighted by atomic mass is 9.56. The molecule has 84 valence electrons. The molecule has 0 nitrogen and oxygen atoms in total. The number of allylic oxidation sites excluding steroid dienone is 2. The zero-order valence-electron chi connectivity index (χ0n) is 10.3. The third-order valence-electron chi connectivity index (χ3n) is 4.01. The fourth-order valence-corrected chi connectivity index (χ4v) is 2.67. The van der Waals surface area contributed by atoms with Crippen LogP contribution in [-0.2, 0) is 0 Å². The van der Waals surface area contributed by atoms with Gasteiger partial charge >= 0.3 is 0 Å². The van der Waals surface area contributed by atoms with Crippen molar-refractivity contribution in [3.63, 3.8) is 0 Å². The van der Waals surface area contributed by atoms with Crippen LogP contribution in [0.4, 0.5) is 0 Å². The van der Waals surface area contributed by atoms with Crippen molar-refractivity contribution in [1.82, 2.24) is 0 Å². The lowest BCUT2D eigenvalue weighted by molar-refractivity contribution is 0.257. The Morgan fingerprint density at radius 2 is 2.00 bits per heavy atom. The van der Waals surface area contributed by atoms with Gasteiger partial charge in [-0.1, -0.05) is 51.6 Å². The van der Waals surface area contributed by atoms with Crippen molar-refractivity contribution in [1.29, 1.82) is 0 Å². The molecule has 0 saturated carbocycles. The highest BCUT2D eigenvalue weighted by Gasteiger charge is 2.34. The van der Waals surface area contributed by atoms with Gasteiger partial charge < -0.3 is 0 Å². The van der Waals surface area contributed by atoms with Crippen LogP contribution in [0, 0.1) is 17.8 Å². The van der Waals surface area contributed by atoms with E-state index in [0.717, 1.165) is 12.8 Å². The van der Waals surface area contributed by atoms with Gasteiger partial charge in [0.2, 0.25) is 0 Å². The quantitative estimate of drug-likeness (QED) is 0.375. The van der Waals surface area contributed by atoms with Gasteiger partial charge in [0.15, 0.2) is 0 Å². The van der Waals surface area contributed by atoms with Gasteiger partial charge in [-0.2, -0.15) is 0 Å². The second-order valence-electron chi connectivity index (χ2n) is 5.37. The predicted molar refractivity (Wildman–Crippen MR) is 69.6 cm³/mol. The van der Waals surface area contributed by atoms with Crippen molar-refractivity contribution in [3.8, 4) is 0 Å². The van der Waals surface area contributed by atoms with Crippen LogP contribution in [0.3, 0.4) is 0 Å². The highest BCUT2D eigenvalue weighted by atomic mass is 35.5. The van der Waals surface area contributed by atoms with Gasteiger partial charge in [-0.15, -0.1) is 11.6 Å². The molecular formula is C13H22BCl. The summed E-state index contributed by atoms with van der Waals surface area (Å²) in [6, 6.07) is 0. The molecule has 1 aliphatic carbocycles. The summed E-state index contributed by atoms with van der Waals surface area (Å²) in [5.41, 5.74) is 0. The molecule has 2 heteroatoms. The summed E-state index contributed by atoms with van der Waals surface area (Å²) >= 11 is 6.27. The molecule has 2 radical (unpaired) electrons. The fourth-order valence-electron chi connectivity index (χ4n) is 2.48. The lowest BCUT2D eigenvalue weighted by Gasteiger charge is -2.38. The monoisotopic (exact) mass is 224 g/mol. The smallest absolute Gasteiger partial charge is 0.0746 e. The van der Waals surface area contributed by atoms with E-state index in [4.69, 9.17) is 19.4 Å². The minimum Gasteiger partial charge on any atom is -0.118 e. The summed E-state index contributed by atoms with van der Waals surface area (Å²) in [6.07, 6.45) is 6.54. The van der Waals surface area contributed by atoms with Gasteiger partial charge in [0.1, 0.15) is 0 Å². The van der Waals surface area contributed by atoms with Crippen LogP contribution in [0.25, 0.3) is 0 Å². The van der Waals surface area contributed by atoms with Crippen LogP contribution in [0.15, 0.2) is 12.2 Å². The molecule has 0 saturated heterocycles. The van der Waals surface area contributed by atoms with Crippen molar-refractivity contribution in [2.24, 2.45) is 17.8 Å². The van der Waals surface area contributed by atoms with E-state index in [0.29, 0.717) is 17.8 Å². The Bertz CT molecular complexity index is 235.